The van der Waals surface area contributed by atoms with Crippen LogP contribution in [0.25, 0.3) is 0 Å². The normalized spacial score (nSPS) is 18.8. The van der Waals surface area contributed by atoms with Crippen LogP contribution in [0.4, 0.5) is 0 Å². The van der Waals surface area contributed by atoms with Crippen LogP contribution in [0.15, 0.2) is 5.38 Å². The molecule has 5 heteroatoms. The Morgan fingerprint density at radius 2 is 2.31 bits per heavy atom. The summed E-state index contributed by atoms with van der Waals surface area (Å²) in [5.41, 5.74) is 6.37. The monoisotopic (exact) mass is 239 g/mol. The summed E-state index contributed by atoms with van der Waals surface area (Å²) in [5.74, 6) is -0.332. The van der Waals surface area contributed by atoms with Crippen LogP contribution >= 0.6 is 11.3 Å². The maximum atomic E-state index is 11.4. The quantitative estimate of drug-likeness (QED) is 0.837. The number of thiazole rings is 1. The molecule has 1 aromatic heterocycles. The molecule has 1 atom stereocenters. The third-order valence-electron chi connectivity index (χ3n) is 2.93. The minimum absolute atomic E-state index is 0.332. The average molecular weight is 239 g/mol. The second-order valence-electron chi connectivity index (χ2n) is 4.31. The van der Waals surface area contributed by atoms with Crippen LogP contribution in [-0.2, 0) is 4.79 Å². The number of rotatable bonds is 4. The van der Waals surface area contributed by atoms with Crippen molar-refractivity contribution in [3.8, 4) is 0 Å². The Bertz CT molecular complexity index is 371. The van der Waals surface area contributed by atoms with Gasteiger partial charge in [-0.2, -0.15) is 0 Å². The summed E-state index contributed by atoms with van der Waals surface area (Å²) in [6.07, 6.45) is 4.74. The van der Waals surface area contributed by atoms with Gasteiger partial charge in [-0.25, -0.2) is 4.98 Å². The number of nitrogens with one attached hydrogen (secondary N) is 1. The average Bonchev–Trinajstić information content (AvgIpc) is 2.84. The maximum absolute atomic E-state index is 11.4. The molecule has 0 saturated heterocycles. The van der Waals surface area contributed by atoms with Crippen molar-refractivity contribution in [3.63, 3.8) is 0 Å². The third kappa shape index (κ3) is 2.59. The van der Waals surface area contributed by atoms with E-state index < -0.39 is 6.04 Å². The van der Waals surface area contributed by atoms with Gasteiger partial charge in [0.25, 0.3) is 0 Å². The molecule has 3 N–H and O–H groups in total. The van der Waals surface area contributed by atoms with E-state index in [0.717, 1.165) is 23.5 Å². The van der Waals surface area contributed by atoms with Gasteiger partial charge in [-0.05, 0) is 19.8 Å². The van der Waals surface area contributed by atoms with Gasteiger partial charge < -0.3 is 5.73 Å². The third-order valence-corrected chi connectivity index (χ3v) is 3.95. The molecule has 16 heavy (non-hydrogen) atoms. The molecule has 1 amide bonds. The van der Waals surface area contributed by atoms with E-state index in [0.29, 0.717) is 6.04 Å². The van der Waals surface area contributed by atoms with Gasteiger partial charge in [-0.1, -0.05) is 12.8 Å². The molecule has 1 aliphatic rings. The fraction of sp³-hybridized carbons (Fsp3) is 0.636. The highest BCUT2D eigenvalue weighted by molar-refractivity contribution is 7.09. The first kappa shape index (κ1) is 11.5. The number of aryl methyl sites for hydroxylation is 1. The van der Waals surface area contributed by atoms with E-state index >= 15 is 0 Å². The SMILES string of the molecule is Cc1csc(C(NC2CCCC2)C(N)=O)n1. The zero-order valence-corrected chi connectivity index (χ0v) is 10.2. The van der Waals surface area contributed by atoms with Gasteiger partial charge in [0.1, 0.15) is 11.0 Å². The van der Waals surface area contributed by atoms with Gasteiger partial charge in [0.2, 0.25) is 5.91 Å². The number of primary amides is 1. The Balaban J connectivity index is 2.07. The van der Waals surface area contributed by atoms with Crippen LogP contribution in [-0.4, -0.2) is 16.9 Å². The first-order valence-corrected chi connectivity index (χ1v) is 6.52. The number of aromatic nitrogens is 1. The largest absolute Gasteiger partial charge is 0.368 e. The van der Waals surface area contributed by atoms with Gasteiger partial charge >= 0.3 is 0 Å². The molecule has 1 aromatic rings. The van der Waals surface area contributed by atoms with Crippen LogP contribution in [0.3, 0.4) is 0 Å². The Morgan fingerprint density at radius 3 is 2.81 bits per heavy atom. The van der Waals surface area contributed by atoms with Crippen LogP contribution in [0, 0.1) is 6.92 Å². The van der Waals surface area contributed by atoms with E-state index in [1.807, 2.05) is 12.3 Å². The molecular formula is C11H17N3OS. The number of hydrogen-bond acceptors (Lipinski definition) is 4. The van der Waals surface area contributed by atoms with Crippen molar-refractivity contribution in [2.24, 2.45) is 5.73 Å². The summed E-state index contributed by atoms with van der Waals surface area (Å²) in [5, 5.41) is 6.05. The summed E-state index contributed by atoms with van der Waals surface area (Å²) in [6, 6.07) is 0.00325. The standard InChI is InChI=1S/C11H17N3OS/c1-7-6-16-11(13-7)9(10(12)15)14-8-4-2-3-5-8/h6,8-9,14H,2-5H2,1H3,(H2,12,15). The molecule has 2 rings (SSSR count). The van der Waals surface area contributed by atoms with Gasteiger partial charge in [-0.15, -0.1) is 11.3 Å². The van der Waals surface area contributed by atoms with Crippen LogP contribution in [0.1, 0.15) is 42.4 Å². The van der Waals surface area contributed by atoms with Crippen molar-refractivity contribution in [2.75, 3.05) is 0 Å². The number of amides is 1. The Labute approximate surface area is 99.3 Å². The summed E-state index contributed by atoms with van der Waals surface area (Å²) in [6.45, 7) is 1.92. The lowest BCUT2D eigenvalue weighted by atomic mass is 10.2. The van der Waals surface area contributed by atoms with Crippen molar-refractivity contribution in [1.82, 2.24) is 10.3 Å². The number of hydrogen-bond donors (Lipinski definition) is 2. The fourth-order valence-electron chi connectivity index (χ4n) is 2.11. The van der Waals surface area contributed by atoms with Crippen LogP contribution < -0.4 is 11.1 Å². The van der Waals surface area contributed by atoms with Gasteiger partial charge in [0, 0.05) is 17.1 Å². The zero-order chi connectivity index (χ0) is 11.5. The summed E-state index contributed by atoms with van der Waals surface area (Å²) in [4.78, 5) is 15.8. The van der Waals surface area contributed by atoms with Crippen molar-refractivity contribution in [2.45, 2.75) is 44.7 Å². The summed E-state index contributed by atoms with van der Waals surface area (Å²) < 4.78 is 0. The second-order valence-corrected chi connectivity index (χ2v) is 5.20. The number of nitrogens with two attached hydrogens (primary N) is 1. The van der Waals surface area contributed by atoms with Crippen molar-refractivity contribution in [3.05, 3.63) is 16.1 Å². The molecule has 0 spiro atoms. The Kier molecular flexibility index (Phi) is 3.56. The molecule has 1 heterocycles. The Hall–Kier alpha value is -0.940. The minimum Gasteiger partial charge on any atom is -0.368 e. The molecular weight excluding hydrogens is 222 g/mol. The number of carbonyl (C=O) groups excluding carboxylic acids is 1. The van der Waals surface area contributed by atoms with E-state index in [2.05, 4.69) is 10.3 Å². The topological polar surface area (TPSA) is 68.0 Å². The molecule has 0 aliphatic heterocycles. The lowest BCUT2D eigenvalue weighted by molar-refractivity contribution is -0.120. The molecule has 0 aromatic carbocycles. The molecule has 88 valence electrons. The van der Waals surface area contributed by atoms with E-state index in [1.165, 1.54) is 24.2 Å². The molecule has 0 bridgehead atoms. The first-order chi connectivity index (χ1) is 7.66. The van der Waals surface area contributed by atoms with Gasteiger partial charge in [0.05, 0.1) is 0 Å². The predicted octanol–water partition coefficient (Wildman–Crippen LogP) is 1.51. The summed E-state index contributed by atoms with van der Waals surface area (Å²) in [7, 11) is 0. The van der Waals surface area contributed by atoms with E-state index in [4.69, 9.17) is 5.73 Å². The number of nitrogens with zero attached hydrogens (tertiary/aromatic N) is 1. The molecule has 4 nitrogen and oxygen atoms in total. The highest BCUT2D eigenvalue weighted by Gasteiger charge is 2.25. The van der Waals surface area contributed by atoms with Gasteiger partial charge in [-0.3, -0.25) is 10.1 Å². The molecule has 1 saturated carbocycles. The molecule has 1 fully saturated rings. The highest BCUT2D eigenvalue weighted by atomic mass is 32.1. The molecule has 1 aliphatic carbocycles. The second kappa shape index (κ2) is 4.93. The van der Waals surface area contributed by atoms with E-state index in [1.54, 1.807) is 0 Å². The molecule has 0 radical (unpaired) electrons. The van der Waals surface area contributed by atoms with E-state index in [-0.39, 0.29) is 5.91 Å². The van der Waals surface area contributed by atoms with Crippen molar-refractivity contribution < 1.29 is 4.79 Å². The highest BCUT2D eigenvalue weighted by Crippen LogP contribution is 2.23. The van der Waals surface area contributed by atoms with Gasteiger partial charge in [0.15, 0.2) is 0 Å². The Morgan fingerprint density at radius 1 is 1.62 bits per heavy atom. The van der Waals surface area contributed by atoms with Crippen molar-refractivity contribution in [1.29, 1.82) is 0 Å². The smallest absolute Gasteiger partial charge is 0.241 e. The zero-order valence-electron chi connectivity index (χ0n) is 9.40. The summed E-state index contributed by atoms with van der Waals surface area (Å²) >= 11 is 1.49. The first-order valence-electron chi connectivity index (χ1n) is 5.64. The van der Waals surface area contributed by atoms with Crippen LogP contribution in [0.5, 0.6) is 0 Å². The lowest BCUT2D eigenvalue weighted by Gasteiger charge is -2.18. The maximum Gasteiger partial charge on any atom is 0.241 e. The number of carbonyl (C=O) groups is 1. The predicted molar refractivity (Wildman–Crippen MR) is 64.2 cm³/mol. The van der Waals surface area contributed by atoms with E-state index in [9.17, 15) is 4.79 Å². The van der Waals surface area contributed by atoms with Crippen LogP contribution in [0.2, 0.25) is 0 Å². The lowest BCUT2D eigenvalue weighted by Crippen LogP contribution is -2.38. The molecule has 1 unspecified atom stereocenters. The minimum atomic E-state index is -0.415. The van der Waals surface area contributed by atoms with Crippen molar-refractivity contribution >= 4 is 17.2 Å². The fourth-order valence-corrected chi connectivity index (χ4v) is 2.97.